The van der Waals surface area contributed by atoms with Gasteiger partial charge in [-0.2, -0.15) is 0 Å². The Kier molecular flexibility index (Phi) is 3.18. The summed E-state index contributed by atoms with van der Waals surface area (Å²) in [5, 5.41) is 0. The average Bonchev–Trinajstić information content (AvgIpc) is 2.69. The Morgan fingerprint density at radius 3 is 3.15 bits per heavy atom. The van der Waals surface area contributed by atoms with Gasteiger partial charge < -0.3 is 13.3 Å². The fraction of sp³-hybridized carbons (Fsp3) is 0.556. The molecule has 1 atom stereocenters. The Bertz CT molecular complexity index is 229. The van der Waals surface area contributed by atoms with Crippen LogP contribution in [0.4, 0.5) is 0 Å². The molecule has 2 rings (SSSR count). The first-order chi connectivity index (χ1) is 6.45. The molecule has 0 amide bonds. The van der Waals surface area contributed by atoms with Gasteiger partial charge in [-0.05, 0) is 31.0 Å². The summed E-state index contributed by atoms with van der Waals surface area (Å²) in [6, 6.07) is 4.94. The molecular formula is C9H14O3Si. The molecule has 1 saturated heterocycles. The Hall–Kier alpha value is -0.583. The fourth-order valence-corrected chi connectivity index (χ4v) is 3.24. The number of furan rings is 1. The summed E-state index contributed by atoms with van der Waals surface area (Å²) in [5.41, 5.74) is 0. The summed E-state index contributed by atoms with van der Waals surface area (Å²) < 4.78 is 16.4. The molecule has 1 fully saturated rings. The van der Waals surface area contributed by atoms with Gasteiger partial charge in [-0.3, -0.25) is 0 Å². The number of hydrogen-bond acceptors (Lipinski definition) is 3. The molecule has 0 spiro atoms. The Morgan fingerprint density at radius 1 is 1.46 bits per heavy atom. The lowest BCUT2D eigenvalue weighted by atomic mass is 10.4. The molecule has 0 aliphatic carbocycles. The largest absolute Gasteiger partial charge is 0.467 e. The molecule has 0 bridgehead atoms. The van der Waals surface area contributed by atoms with Crippen molar-refractivity contribution < 1.29 is 13.3 Å². The molecule has 1 aliphatic rings. The molecule has 0 radical (unpaired) electrons. The van der Waals surface area contributed by atoms with E-state index in [-0.39, 0.29) is 0 Å². The van der Waals surface area contributed by atoms with Gasteiger partial charge in [0.15, 0.2) is 0 Å². The second-order valence-corrected chi connectivity index (χ2v) is 5.29. The minimum absolute atomic E-state index is 0.573. The van der Waals surface area contributed by atoms with E-state index >= 15 is 0 Å². The van der Waals surface area contributed by atoms with E-state index in [0.29, 0.717) is 6.61 Å². The van der Waals surface area contributed by atoms with Gasteiger partial charge in [0.1, 0.15) is 5.76 Å². The van der Waals surface area contributed by atoms with Crippen molar-refractivity contribution in [1.82, 2.24) is 0 Å². The Morgan fingerprint density at radius 2 is 2.46 bits per heavy atom. The minimum Gasteiger partial charge on any atom is -0.467 e. The highest BCUT2D eigenvalue weighted by Gasteiger charge is 2.17. The summed E-state index contributed by atoms with van der Waals surface area (Å²) in [5.74, 6) is 0.890. The third-order valence-electron chi connectivity index (χ3n) is 2.13. The Balaban J connectivity index is 1.72. The van der Waals surface area contributed by atoms with Crippen LogP contribution in [0.3, 0.4) is 0 Å². The van der Waals surface area contributed by atoms with Gasteiger partial charge in [-0.1, -0.05) is 0 Å². The lowest BCUT2D eigenvalue weighted by molar-refractivity contribution is 0.160. The molecule has 0 N–H and O–H groups in total. The zero-order chi connectivity index (χ0) is 8.93. The van der Waals surface area contributed by atoms with E-state index in [1.165, 1.54) is 12.8 Å². The van der Waals surface area contributed by atoms with Crippen molar-refractivity contribution in [3.05, 3.63) is 24.2 Å². The second kappa shape index (κ2) is 4.60. The van der Waals surface area contributed by atoms with Crippen LogP contribution in [0, 0.1) is 0 Å². The Labute approximate surface area is 79.5 Å². The zero-order valence-corrected chi connectivity index (χ0v) is 8.72. The van der Waals surface area contributed by atoms with Crippen LogP contribution in [-0.4, -0.2) is 15.9 Å². The van der Waals surface area contributed by atoms with Crippen LogP contribution in [0.25, 0.3) is 0 Å². The van der Waals surface area contributed by atoms with Crippen molar-refractivity contribution in [2.75, 3.05) is 6.61 Å². The molecule has 1 aromatic heterocycles. The van der Waals surface area contributed by atoms with Crippen molar-refractivity contribution >= 4 is 9.28 Å². The predicted octanol–water partition coefficient (Wildman–Crippen LogP) is 1.83. The van der Waals surface area contributed by atoms with E-state index in [1.807, 2.05) is 12.1 Å². The van der Waals surface area contributed by atoms with Crippen LogP contribution in [0.5, 0.6) is 0 Å². The van der Waals surface area contributed by atoms with Crippen LogP contribution in [-0.2, 0) is 15.5 Å². The van der Waals surface area contributed by atoms with Gasteiger partial charge in [0.2, 0.25) is 0 Å². The van der Waals surface area contributed by atoms with Crippen LogP contribution in [0.1, 0.15) is 18.6 Å². The molecule has 4 heteroatoms. The lowest BCUT2D eigenvalue weighted by Gasteiger charge is -2.20. The maximum atomic E-state index is 5.65. The van der Waals surface area contributed by atoms with Crippen LogP contribution >= 0.6 is 0 Å². The van der Waals surface area contributed by atoms with Gasteiger partial charge >= 0.3 is 9.28 Å². The van der Waals surface area contributed by atoms with Gasteiger partial charge in [0.05, 0.1) is 12.9 Å². The molecule has 2 heterocycles. The van der Waals surface area contributed by atoms with Gasteiger partial charge in [-0.25, -0.2) is 0 Å². The zero-order valence-electron chi connectivity index (χ0n) is 7.57. The SMILES string of the molecule is c1coc(CO[SiH]2CCCCO2)c1. The monoisotopic (exact) mass is 198 g/mol. The first-order valence-electron chi connectivity index (χ1n) is 4.71. The van der Waals surface area contributed by atoms with E-state index in [4.69, 9.17) is 13.3 Å². The maximum absolute atomic E-state index is 5.65. The third-order valence-corrected chi connectivity index (χ3v) is 4.16. The summed E-state index contributed by atoms with van der Waals surface area (Å²) in [6.45, 7) is 1.46. The van der Waals surface area contributed by atoms with E-state index in [0.717, 1.165) is 18.4 Å². The van der Waals surface area contributed by atoms with Gasteiger partial charge in [0, 0.05) is 6.61 Å². The maximum Gasteiger partial charge on any atom is 0.321 e. The molecule has 1 aromatic rings. The topological polar surface area (TPSA) is 31.6 Å². The van der Waals surface area contributed by atoms with Crippen molar-refractivity contribution in [1.29, 1.82) is 0 Å². The van der Waals surface area contributed by atoms with Crippen molar-refractivity contribution in [2.24, 2.45) is 0 Å². The number of hydrogen-bond donors (Lipinski definition) is 0. The van der Waals surface area contributed by atoms with Crippen molar-refractivity contribution in [3.8, 4) is 0 Å². The van der Waals surface area contributed by atoms with Gasteiger partial charge in [-0.15, -0.1) is 0 Å². The third kappa shape index (κ3) is 2.69. The van der Waals surface area contributed by atoms with E-state index in [2.05, 4.69) is 0 Å². The standard InChI is InChI=1S/C9H14O3Si/c1-2-7-13(11-6-1)12-8-9-4-3-5-10-9/h3-5,13H,1-2,6-8H2. The minimum atomic E-state index is -1.33. The summed E-state index contributed by atoms with van der Waals surface area (Å²) in [6.07, 6.45) is 4.12. The van der Waals surface area contributed by atoms with Crippen molar-refractivity contribution in [3.63, 3.8) is 0 Å². The van der Waals surface area contributed by atoms with Crippen LogP contribution in [0.15, 0.2) is 22.8 Å². The van der Waals surface area contributed by atoms with Crippen LogP contribution < -0.4 is 0 Å². The highest BCUT2D eigenvalue weighted by Crippen LogP contribution is 2.13. The fourth-order valence-electron chi connectivity index (χ4n) is 1.41. The first-order valence-corrected chi connectivity index (χ1v) is 6.47. The second-order valence-electron chi connectivity index (χ2n) is 3.19. The van der Waals surface area contributed by atoms with E-state index in [1.54, 1.807) is 6.26 Å². The molecule has 72 valence electrons. The van der Waals surface area contributed by atoms with E-state index < -0.39 is 9.28 Å². The normalized spacial score (nSPS) is 23.2. The van der Waals surface area contributed by atoms with Crippen molar-refractivity contribution in [2.45, 2.75) is 25.5 Å². The summed E-state index contributed by atoms with van der Waals surface area (Å²) in [4.78, 5) is 0. The first kappa shape index (κ1) is 8.99. The molecular weight excluding hydrogens is 184 g/mol. The predicted molar refractivity (Wildman–Crippen MR) is 50.6 cm³/mol. The highest BCUT2D eigenvalue weighted by molar-refractivity contribution is 6.44. The molecule has 1 aliphatic heterocycles. The average molecular weight is 198 g/mol. The lowest BCUT2D eigenvalue weighted by Crippen LogP contribution is -2.26. The highest BCUT2D eigenvalue weighted by atomic mass is 28.3. The molecule has 3 nitrogen and oxygen atoms in total. The molecule has 1 unspecified atom stereocenters. The van der Waals surface area contributed by atoms with Crippen LogP contribution in [0.2, 0.25) is 6.04 Å². The summed E-state index contributed by atoms with van der Waals surface area (Å²) in [7, 11) is -1.33. The van der Waals surface area contributed by atoms with E-state index in [9.17, 15) is 0 Å². The summed E-state index contributed by atoms with van der Waals surface area (Å²) >= 11 is 0. The molecule has 13 heavy (non-hydrogen) atoms. The smallest absolute Gasteiger partial charge is 0.321 e. The number of rotatable bonds is 3. The molecule has 0 aromatic carbocycles. The van der Waals surface area contributed by atoms with Gasteiger partial charge in [0.25, 0.3) is 0 Å². The quantitative estimate of drug-likeness (QED) is 0.694. The molecule has 0 saturated carbocycles.